The van der Waals surface area contributed by atoms with Crippen LogP contribution in [0.25, 0.3) is 5.69 Å². The average molecular weight is 395 g/mol. The molecule has 8 heteroatoms. The van der Waals surface area contributed by atoms with Gasteiger partial charge in [0.25, 0.3) is 0 Å². The topological polar surface area (TPSA) is 94.1 Å². The Hall–Kier alpha value is -3.06. The summed E-state index contributed by atoms with van der Waals surface area (Å²) in [5.41, 5.74) is 10.9. The SMILES string of the molecule is CCCc1[nH]nc2c1C1C(=C(C)O2)C(Cl)=Nc2c1c(N)nn2-c1ccccc1. The lowest BCUT2D eigenvalue weighted by Gasteiger charge is -2.29. The number of halogens is 1. The van der Waals surface area contributed by atoms with E-state index in [1.54, 1.807) is 4.68 Å². The van der Waals surface area contributed by atoms with E-state index in [4.69, 9.17) is 22.1 Å². The minimum absolute atomic E-state index is 0.207. The lowest BCUT2D eigenvalue weighted by molar-refractivity contribution is 0.387. The zero-order valence-corrected chi connectivity index (χ0v) is 16.3. The third kappa shape index (κ3) is 2.32. The van der Waals surface area contributed by atoms with Crippen LogP contribution in [-0.2, 0) is 6.42 Å². The number of aliphatic imine (C=N–C) groups is 1. The van der Waals surface area contributed by atoms with Gasteiger partial charge in [-0.2, -0.15) is 0 Å². The number of fused-ring (bicyclic) bond motifs is 5. The van der Waals surface area contributed by atoms with E-state index >= 15 is 0 Å². The van der Waals surface area contributed by atoms with Crippen LogP contribution in [0.15, 0.2) is 46.7 Å². The molecule has 2 aliphatic rings. The van der Waals surface area contributed by atoms with Crippen molar-refractivity contribution in [3.8, 4) is 11.6 Å². The molecule has 1 unspecified atom stereocenters. The first-order chi connectivity index (χ1) is 13.6. The van der Waals surface area contributed by atoms with E-state index in [9.17, 15) is 0 Å². The molecule has 142 valence electrons. The molecule has 1 aromatic carbocycles. The average Bonchev–Trinajstić information content (AvgIpc) is 3.23. The number of nitrogens with one attached hydrogen (secondary N) is 1. The van der Waals surface area contributed by atoms with Gasteiger partial charge in [-0.15, -0.1) is 10.2 Å². The van der Waals surface area contributed by atoms with Gasteiger partial charge in [0.1, 0.15) is 10.9 Å². The molecule has 5 rings (SSSR count). The second-order valence-electron chi connectivity index (χ2n) is 6.95. The summed E-state index contributed by atoms with van der Waals surface area (Å²) < 4.78 is 7.69. The van der Waals surface area contributed by atoms with E-state index in [1.807, 2.05) is 37.3 Å². The predicted molar refractivity (Wildman–Crippen MR) is 109 cm³/mol. The summed E-state index contributed by atoms with van der Waals surface area (Å²) in [5, 5.41) is 12.5. The maximum atomic E-state index is 6.64. The summed E-state index contributed by atoms with van der Waals surface area (Å²) in [6.45, 7) is 4.00. The van der Waals surface area contributed by atoms with Crippen molar-refractivity contribution in [2.75, 3.05) is 5.73 Å². The maximum Gasteiger partial charge on any atom is 0.242 e. The summed E-state index contributed by atoms with van der Waals surface area (Å²) in [6.07, 6.45) is 1.83. The molecule has 28 heavy (non-hydrogen) atoms. The number of benzene rings is 1. The smallest absolute Gasteiger partial charge is 0.242 e. The van der Waals surface area contributed by atoms with Crippen LogP contribution in [0.1, 0.15) is 43.0 Å². The fraction of sp³-hybridized carbons (Fsp3) is 0.250. The van der Waals surface area contributed by atoms with Crippen molar-refractivity contribution in [1.29, 1.82) is 0 Å². The summed E-state index contributed by atoms with van der Waals surface area (Å²) >= 11 is 6.64. The van der Waals surface area contributed by atoms with Gasteiger partial charge >= 0.3 is 0 Å². The third-order valence-electron chi connectivity index (χ3n) is 5.20. The zero-order valence-electron chi connectivity index (χ0n) is 15.5. The molecule has 0 fully saturated rings. The van der Waals surface area contributed by atoms with Crippen LogP contribution in [0.2, 0.25) is 0 Å². The third-order valence-corrected chi connectivity index (χ3v) is 5.48. The highest BCUT2D eigenvalue weighted by Crippen LogP contribution is 2.52. The Bertz CT molecular complexity index is 1140. The van der Waals surface area contributed by atoms with E-state index < -0.39 is 0 Å². The van der Waals surface area contributed by atoms with Gasteiger partial charge in [-0.05, 0) is 25.5 Å². The molecule has 0 spiro atoms. The summed E-state index contributed by atoms with van der Waals surface area (Å²) in [6, 6.07) is 9.78. The van der Waals surface area contributed by atoms with Crippen molar-refractivity contribution in [2.45, 2.75) is 32.6 Å². The molecule has 2 aliphatic heterocycles. The normalized spacial score (nSPS) is 17.5. The lowest BCUT2D eigenvalue weighted by atomic mass is 9.81. The van der Waals surface area contributed by atoms with Crippen LogP contribution in [0.5, 0.6) is 5.88 Å². The molecule has 0 amide bonds. The Morgan fingerprint density at radius 2 is 2.04 bits per heavy atom. The van der Waals surface area contributed by atoms with Gasteiger partial charge in [-0.25, -0.2) is 9.67 Å². The Labute approximate surface area is 166 Å². The number of rotatable bonds is 3. The van der Waals surface area contributed by atoms with Gasteiger partial charge in [0.05, 0.1) is 17.2 Å². The Morgan fingerprint density at radius 1 is 1.25 bits per heavy atom. The molecule has 0 saturated carbocycles. The molecule has 0 bridgehead atoms. The molecule has 0 aliphatic carbocycles. The molecule has 3 aromatic rings. The van der Waals surface area contributed by atoms with Crippen molar-refractivity contribution in [2.24, 2.45) is 4.99 Å². The predicted octanol–water partition coefficient (Wildman–Crippen LogP) is 4.21. The van der Waals surface area contributed by atoms with Crippen LogP contribution in [-0.4, -0.2) is 25.1 Å². The summed E-state index contributed by atoms with van der Waals surface area (Å²) in [5.74, 6) is 2.11. The van der Waals surface area contributed by atoms with E-state index in [1.165, 1.54) is 0 Å². The van der Waals surface area contributed by atoms with Crippen molar-refractivity contribution < 1.29 is 4.74 Å². The lowest BCUT2D eigenvalue weighted by Crippen LogP contribution is -2.22. The molecule has 0 radical (unpaired) electrons. The van der Waals surface area contributed by atoms with Gasteiger partial charge in [0.15, 0.2) is 11.6 Å². The molecule has 4 heterocycles. The quantitative estimate of drug-likeness (QED) is 0.695. The number of anilines is 1. The van der Waals surface area contributed by atoms with Crippen LogP contribution in [0.3, 0.4) is 0 Å². The first kappa shape index (κ1) is 17.1. The van der Waals surface area contributed by atoms with Crippen LogP contribution in [0.4, 0.5) is 11.6 Å². The number of hydrogen-bond donors (Lipinski definition) is 2. The number of aromatic amines is 1. The molecule has 3 N–H and O–H groups in total. The van der Waals surface area contributed by atoms with Crippen LogP contribution < -0.4 is 10.5 Å². The minimum atomic E-state index is -0.207. The van der Waals surface area contributed by atoms with Gasteiger partial charge < -0.3 is 10.5 Å². The Balaban J connectivity index is 1.79. The van der Waals surface area contributed by atoms with Crippen molar-refractivity contribution in [3.63, 3.8) is 0 Å². The number of para-hydroxylation sites is 1. The van der Waals surface area contributed by atoms with Gasteiger partial charge in [0.2, 0.25) is 5.88 Å². The fourth-order valence-electron chi connectivity index (χ4n) is 4.01. The molecular weight excluding hydrogens is 376 g/mol. The second-order valence-corrected chi connectivity index (χ2v) is 7.31. The van der Waals surface area contributed by atoms with Gasteiger partial charge in [0, 0.05) is 16.8 Å². The van der Waals surface area contributed by atoms with E-state index in [2.05, 4.69) is 27.2 Å². The molecule has 2 aromatic heterocycles. The van der Waals surface area contributed by atoms with Crippen molar-refractivity contribution >= 4 is 28.4 Å². The highest BCUT2D eigenvalue weighted by atomic mass is 35.5. The highest BCUT2D eigenvalue weighted by molar-refractivity contribution is 6.70. The number of aryl methyl sites for hydroxylation is 1. The second kappa shape index (κ2) is 6.24. The number of nitrogens with zero attached hydrogens (tertiary/aromatic N) is 4. The summed E-state index contributed by atoms with van der Waals surface area (Å²) in [7, 11) is 0. The number of ether oxygens (including phenoxy) is 1. The maximum absolute atomic E-state index is 6.64. The fourth-order valence-corrected chi connectivity index (χ4v) is 4.33. The largest absolute Gasteiger partial charge is 0.442 e. The highest BCUT2D eigenvalue weighted by Gasteiger charge is 2.42. The molecule has 7 nitrogen and oxygen atoms in total. The number of hydrogen-bond acceptors (Lipinski definition) is 5. The van der Waals surface area contributed by atoms with Crippen LogP contribution in [0, 0.1) is 0 Å². The first-order valence-corrected chi connectivity index (χ1v) is 9.62. The van der Waals surface area contributed by atoms with E-state index in [0.29, 0.717) is 28.4 Å². The van der Waals surface area contributed by atoms with E-state index in [-0.39, 0.29) is 5.92 Å². The number of allylic oxidation sites excluding steroid dienone is 2. The number of aromatic nitrogens is 4. The molecule has 0 saturated heterocycles. The Morgan fingerprint density at radius 3 is 2.79 bits per heavy atom. The Kier molecular flexibility index (Phi) is 3.80. The van der Waals surface area contributed by atoms with Gasteiger partial charge in [-0.3, -0.25) is 5.10 Å². The number of nitrogen functional groups attached to an aromatic ring is 1. The minimum Gasteiger partial charge on any atom is -0.442 e. The van der Waals surface area contributed by atoms with Crippen molar-refractivity contribution in [3.05, 3.63) is 58.5 Å². The summed E-state index contributed by atoms with van der Waals surface area (Å²) in [4.78, 5) is 4.64. The van der Waals surface area contributed by atoms with E-state index in [0.717, 1.165) is 40.9 Å². The number of nitrogens with two attached hydrogens (primary N) is 1. The zero-order chi connectivity index (χ0) is 19.4. The molecule has 1 atom stereocenters. The number of H-pyrrole nitrogens is 1. The van der Waals surface area contributed by atoms with Gasteiger partial charge in [-0.1, -0.05) is 43.1 Å². The molecular formula is C20H19ClN6O. The van der Waals surface area contributed by atoms with Crippen molar-refractivity contribution in [1.82, 2.24) is 20.0 Å². The standard InChI is InChI=1S/C20H19ClN6O/c1-3-7-12-14-15-13(10(2)28-20(14)25-24-12)17(21)23-19-16(15)18(22)26-27(19)11-8-5-4-6-9-11/h4-6,8-9,15H,3,7H2,1-2H3,(H2,22,26)(H,24,25). The monoisotopic (exact) mass is 394 g/mol. The first-order valence-electron chi connectivity index (χ1n) is 9.24. The van der Waals surface area contributed by atoms with Crippen LogP contribution >= 0.6 is 11.6 Å².